The highest BCUT2D eigenvalue weighted by molar-refractivity contribution is 5.47. The van der Waals surface area contributed by atoms with Gasteiger partial charge in [0, 0.05) is 6.54 Å². The third-order valence-electron chi connectivity index (χ3n) is 3.22. The summed E-state index contributed by atoms with van der Waals surface area (Å²) in [6.07, 6.45) is 4.62. The molecule has 0 aliphatic carbocycles. The van der Waals surface area contributed by atoms with Gasteiger partial charge in [0.2, 0.25) is 5.82 Å². The van der Waals surface area contributed by atoms with E-state index in [1.165, 1.54) is 0 Å². The van der Waals surface area contributed by atoms with Crippen molar-refractivity contribution >= 4 is 5.69 Å². The van der Waals surface area contributed by atoms with Crippen molar-refractivity contribution in [2.24, 2.45) is 5.92 Å². The Bertz CT molecular complexity index is 445. The van der Waals surface area contributed by atoms with E-state index in [-0.39, 0.29) is 6.54 Å². The number of anilines is 1. The molecule has 0 atom stereocenters. The molecular formula is C15H20F5N. The molecule has 21 heavy (non-hydrogen) atoms. The second kappa shape index (κ2) is 8.20. The third-order valence-corrected chi connectivity index (χ3v) is 3.22. The van der Waals surface area contributed by atoms with Crippen molar-refractivity contribution in [2.45, 2.75) is 46.0 Å². The van der Waals surface area contributed by atoms with Crippen LogP contribution in [-0.2, 0) is 0 Å². The van der Waals surface area contributed by atoms with Gasteiger partial charge in [0.05, 0.1) is 0 Å². The Kier molecular flexibility index (Phi) is 6.92. The van der Waals surface area contributed by atoms with Gasteiger partial charge < -0.3 is 5.32 Å². The Hall–Kier alpha value is -1.33. The van der Waals surface area contributed by atoms with Crippen molar-refractivity contribution in [3.05, 3.63) is 29.1 Å². The van der Waals surface area contributed by atoms with Crippen LogP contribution in [0, 0.1) is 35.0 Å². The molecule has 0 radical (unpaired) electrons. The van der Waals surface area contributed by atoms with Crippen molar-refractivity contribution < 1.29 is 22.0 Å². The summed E-state index contributed by atoms with van der Waals surface area (Å²) < 4.78 is 65.4. The van der Waals surface area contributed by atoms with Crippen LogP contribution in [0.4, 0.5) is 27.6 Å². The van der Waals surface area contributed by atoms with Gasteiger partial charge in [-0.05, 0) is 12.3 Å². The van der Waals surface area contributed by atoms with Gasteiger partial charge in [0.25, 0.3) is 0 Å². The van der Waals surface area contributed by atoms with E-state index in [1.54, 1.807) is 0 Å². The molecular weight excluding hydrogens is 289 g/mol. The Morgan fingerprint density at radius 3 is 1.71 bits per heavy atom. The van der Waals surface area contributed by atoms with Gasteiger partial charge in [0.15, 0.2) is 23.3 Å². The van der Waals surface area contributed by atoms with Crippen LogP contribution in [0.5, 0.6) is 0 Å². The van der Waals surface area contributed by atoms with Crippen molar-refractivity contribution in [3.8, 4) is 0 Å². The number of halogens is 5. The lowest BCUT2D eigenvalue weighted by atomic mass is 10.0. The summed E-state index contributed by atoms with van der Waals surface area (Å²) in [5, 5.41) is 2.29. The molecule has 1 aromatic rings. The maximum atomic E-state index is 13.3. The molecule has 0 heterocycles. The van der Waals surface area contributed by atoms with Crippen molar-refractivity contribution in [3.63, 3.8) is 0 Å². The van der Waals surface area contributed by atoms with Gasteiger partial charge in [-0.25, -0.2) is 22.0 Å². The Labute approximate surface area is 121 Å². The molecule has 1 aromatic carbocycles. The molecule has 0 saturated carbocycles. The summed E-state index contributed by atoms with van der Waals surface area (Å²) in [5.41, 5.74) is -0.950. The van der Waals surface area contributed by atoms with E-state index in [2.05, 4.69) is 19.2 Å². The average Bonchev–Trinajstić information content (AvgIpc) is 2.45. The topological polar surface area (TPSA) is 12.0 Å². The van der Waals surface area contributed by atoms with Crippen LogP contribution in [0.25, 0.3) is 0 Å². The Balaban J connectivity index is 2.46. The van der Waals surface area contributed by atoms with Gasteiger partial charge >= 0.3 is 0 Å². The fourth-order valence-electron chi connectivity index (χ4n) is 2.00. The van der Waals surface area contributed by atoms with E-state index in [9.17, 15) is 22.0 Å². The molecule has 1 N–H and O–H groups in total. The number of hydrogen-bond acceptors (Lipinski definition) is 1. The molecule has 0 fully saturated rings. The first-order valence-electron chi connectivity index (χ1n) is 7.11. The average molecular weight is 309 g/mol. The Morgan fingerprint density at radius 1 is 0.714 bits per heavy atom. The summed E-state index contributed by atoms with van der Waals surface area (Å²) >= 11 is 0. The number of benzene rings is 1. The highest BCUT2D eigenvalue weighted by Gasteiger charge is 2.25. The molecule has 0 bridgehead atoms. The van der Waals surface area contributed by atoms with Crippen LogP contribution >= 0.6 is 0 Å². The molecule has 6 heteroatoms. The zero-order chi connectivity index (χ0) is 16.0. The molecule has 1 nitrogen and oxygen atoms in total. The fourth-order valence-corrected chi connectivity index (χ4v) is 2.00. The summed E-state index contributed by atoms with van der Waals surface area (Å²) in [7, 11) is 0. The van der Waals surface area contributed by atoms with Gasteiger partial charge in [-0.15, -0.1) is 0 Å². The van der Waals surface area contributed by atoms with E-state index in [0.29, 0.717) is 12.3 Å². The van der Waals surface area contributed by atoms with Crippen LogP contribution in [0.3, 0.4) is 0 Å². The number of unbranched alkanes of at least 4 members (excludes halogenated alkanes) is 3. The van der Waals surface area contributed by atoms with Crippen LogP contribution in [-0.4, -0.2) is 6.54 Å². The zero-order valence-corrected chi connectivity index (χ0v) is 12.2. The largest absolute Gasteiger partial charge is 0.380 e. The van der Waals surface area contributed by atoms with E-state index in [0.717, 1.165) is 25.7 Å². The molecule has 0 aliphatic heterocycles. The number of nitrogens with one attached hydrogen (secondary N) is 1. The molecule has 0 amide bonds. The summed E-state index contributed by atoms with van der Waals surface area (Å²) in [6, 6.07) is 0. The third kappa shape index (κ3) is 4.86. The van der Waals surface area contributed by atoms with Crippen LogP contribution < -0.4 is 5.32 Å². The lowest BCUT2D eigenvalue weighted by Crippen LogP contribution is -2.11. The van der Waals surface area contributed by atoms with Crippen molar-refractivity contribution in [2.75, 3.05) is 11.9 Å². The first-order chi connectivity index (χ1) is 9.86. The zero-order valence-electron chi connectivity index (χ0n) is 12.2. The highest BCUT2D eigenvalue weighted by Crippen LogP contribution is 2.27. The molecule has 1 rings (SSSR count). The monoisotopic (exact) mass is 309 g/mol. The van der Waals surface area contributed by atoms with E-state index < -0.39 is 34.8 Å². The van der Waals surface area contributed by atoms with Gasteiger partial charge in [-0.1, -0.05) is 39.5 Å². The lowest BCUT2D eigenvalue weighted by molar-refractivity contribution is 0.381. The van der Waals surface area contributed by atoms with Crippen LogP contribution in [0.2, 0.25) is 0 Å². The predicted molar refractivity (Wildman–Crippen MR) is 72.6 cm³/mol. The molecule has 120 valence electrons. The second-order valence-corrected chi connectivity index (χ2v) is 5.47. The van der Waals surface area contributed by atoms with Crippen LogP contribution in [0.1, 0.15) is 46.0 Å². The fraction of sp³-hybridized carbons (Fsp3) is 0.600. The van der Waals surface area contributed by atoms with Gasteiger partial charge in [-0.2, -0.15) is 0 Å². The molecule has 0 aromatic heterocycles. The maximum Gasteiger partial charge on any atom is 0.200 e. The van der Waals surface area contributed by atoms with Gasteiger partial charge in [-0.3, -0.25) is 0 Å². The quantitative estimate of drug-likeness (QED) is 0.293. The minimum atomic E-state index is -2.13. The summed E-state index contributed by atoms with van der Waals surface area (Å²) in [6.45, 7) is 4.43. The Morgan fingerprint density at radius 2 is 1.19 bits per heavy atom. The summed E-state index contributed by atoms with van der Waals surface area (Å²) in [4.78, 5) is 0. The van der Waals surface area contributed by atoms with Crippen molar-refractivity contribution in [1.29, 1.82) is 0 Å². The minimum absolute atomic E-state index is 0.167. The molecule has 0 aliphatic rings. The lowest BCUT2D eigenvalue weighted by Gasteiger charge is -2.10. The first-order valence-corrected chi connectivity index (χ1v) is 7.11. The van der Waals surface area contributed by atoms with Crippen LogP contribution in [0.15, 0.2) is 0 Å². The standard InChI is InChI=1S/C15H20F5N/c1-9(2)7-5-3-4-6-8-21-15-13(19)11(17)10(16)12(18)14(15)20/h9,21H,3-8H2,1-2H3. The SMILES string of the molecule is CC(C)CCCCCCNc1c(F)c(F)c(F)c(F)c1F. The number of rotatable bonds is 8. The number of hydrogen-bond donors (Lipinski definition) is 1. The van der Waals surface area contributed by atoms with E-state index in [4.69, 9.17) is 0 Å². The first kappa shape index (κ1) is 17.7. The smallest absolute Gasteiger partial charge is 0.200 e. The predicted octanol–water partition coefficient (Wildman–Crippen LogP) is 5.40. The normalized spacial score (nSPS) is 11.2. The highest BCUT2D eigenvalue weighted by atomic mass is 19.2. The summed E-state index contributed by atoms with van der Waals surface area (Å²) in [5.74, 6) is -8.97. The molecule has 0 saturated heterocycles. The van der Waals surface area contributed by atoms with Gasteiger partial charge in [0.1, 0.15) is 5.69 Å². The van der Waals surface area contributed by atoms with E-state index in [1.807, 2.05) is 0 Å². The van der Waals surface area contributed by atoms with E-state index >= 15 is 0 Å². The van der Waals surface area contributed by atoms with Crippen molar-refractivity contribution in [1.82, 2.24) is 0 Å². The maximum absolute atomic E-state index is 13.3. The second-order valence-electron chi connectivity index (χ2n) is 5.47. The molecule has 0 unspecified atom stereocenters. The minimum Gasteiger partial charge on any atom is -0.380 e. The molecule has 0 spiro atoms.